The smallest absolute Gasteiger partial charge is 0.466 e. The molecule has 0 aliphatic carbocycles. The highest BCUT2D eigenvalue weighted by Gasteiger charge is 2.34. The molecular formula is C11H11BrF3NO4. The zero-order valence-electron chi connectivity index (χ0n) is 10.3. The molecule has 0 aliphatic rings. The average Bonchev–Trinajstić information content (AvgIpc) is 2.31. The zero-order valence-corrected chi connectivity index (χ0v) is 11.9. The predicted octanol–water partition coefficient (Wildman–Crippen LogP) is 2.27. The van der Waals surface area contributed by atoms with Crippen molar-refractivity contribution in [3.63, 3.8) is 0 Å². The molecule has 0 aliphatic heterocycles. The number of carbonyl (C=O) groups excluding carboxylic acids is 1. The van der Waals surface area contributed by atoms with Gasteiger partial charge in [-0.05, 0) is 6.92 Å². The second-order valence-electron chi connectivity index (χ2n) is 3.63. The number of ether oxygens (including phenoxy) is 2. The van der Waals surface area contributed by atoms with Gasteiger partial charge in [-0.25, -0.2) is 0 Å². The molecule has 1 heterocycles. The molecule has 112 valence electrons. The number of hydrogen-bond donors (Lipinski definition) is 1. The van der Waals surface area contributed by atoms with E-state index in [-0.39, 0.29) is 23.2 Å². The largest absolute Gasteiger partial charge is 0.573 e. The molecule has 0 spiro atoms. The molecule has 20 heavy (non-hydrogen) atoms. The first-order chi connectivity index (χ1) is 9.26. The van der Waals surface area contributed by atoms with E-state index in [9.17, 15) is 22.8 Å². The molecule has 1 N–H and O–H groups in total. The summed E-state index contributed by atoms with van der Waals surface area (Å²) < 4.78 is 45.6. The number of nitrogens with one attached hydrogen (secondary N) is 1. The van der Waals surface area contributed by atoms with Crippen LogP contribution in [-0.4, -0.2) is 23.9 Å². The number of aromatic nitrogens is 1. The Morgan fingerprint density at radius 1 is 1.45 bits per heavy atom. The van der Waals surface area contributed by atoms with Crippen molar-refractivity contribution in [3.8, 4) is 5.75 Å². The third kappa shape index (κ3) is 4.87. The van der Waals surface area contributed by atoms with Crippen LogP contribution in [0, 0.1) is 0 Å². The third-order valence-corrected chi connectivity index (χ3v) is 2.74. The van der Waals surface area contributed by atoms with Crippen LogP contribution in [0.15, 0.2) is 10.9 Å². The highest BCUT2D eigenvalue weighted by Crippen LogP contribution is 2.30. The van der Waals surface area contributed by atoms with Gasteiger partial charge in [0.25, 0.3) is 0 Å². The lowest BCUT2D eigenvalue weighted by atomic mass is 10.2. The summed E-state index contributed by atoms with van der Waals surface area (Å²) >= 11 is 2.96. The molecule has 0 bridgehead atoms. The van der Waals surface area contributed by atoms with Gasteiger partial charge in [0.1, 0.15) is 0 Å². The zero-order chi connectivity index (χ0) is 15.3. The molecule has 0 fully saturated rings. The van der Waals surface area contributed by atoms with Crippen LogP contribution in [0.25, 0.3) is 0 Å². The Balaban J connectivity index is 3.22. The first-order valence-electron chi connectivity index (χ1n) is 5.49. The highest BCUT2D eigenvalue weighted by molar-refractivity contribution is 9.08. The number of H-pyrrole nitrogens is 1. The van der Waals surface area contributed by atoms with Crippen molar-refractivity contribution >= 4 is 21.9 Å². The molecule has 1 aromatic rings. The van der Waals surface area contributed by atoms with Crippen molar-refractivity contribution in [2.24, 2.45) is 0 Å². The molecule has 5 nitrogen and oxygen atoms in total. The second kappa shape index (κ2) is 6.78. The standard InChI is InChI=1S/C11H11BrF3NO4/c1-2-19-9(18)4-7-10(20-11(13,14)15)6(5-12)3-8(17)16-7/h3H,2,4-5H2,1H3,(H,16,17). The fourth-order valence-electron chi connectivity index (χ4n) is 1.48. The molecule has 1 rings (SSSR count). The topological polar surface area (TPSA) is 68.4 Å². The van der Waals surface area contributed by atoms with E-state index in [1.54, 1.807) is 6.92 Å². The quantitative estimate of drug-likeness (QED) is 0.648. The first-order valence-corrected chi connectivity index (χ1v) is 6.61. The molecule has 0 unspecified atom stereocenters. The number of rotatable bonds is 5. The summed E-state index contributed by atoms with van der Waals surface area (Å²) in [6, 6.07) is 0.963. The van der Waals surface area contributed by atoms with Crippen LogP contribution in [0.5, 0.6) is 5.75 Å². The molecule has 1 aromatic heterocycles. The number of alkyl halides is 4. The average molecular weight is 358 g/mol. The summed E-state index contributed by atoms with van der Waals surface area (Å²) in [6.45, 7) is 1.64. The van der Waals surface area contributed by atoms with Crippen molar-refractivity contribution in [2.75, 3.05) is 6.61 Å². The van der Waals surface area contributed by atoms with Gasteiger partial charge in [-0.15, -0.1) is 13.2 Å². The number of carbonyl (C=O) groups is 1. The summed E-state index contributed by atoms with van der Waals surface area (Å²) in [5.74, 6) is -1.36. The SMILES string of the molecule is CCOC(=O)Cc1[nH]c(=O)cc(CBr)c1OC(F)(F)F. The van der Waals surface area contributed by atoms with Gasteiger partial charge < -0.3 is 14.5 Å². The summed E-state index contributed by atoms with van der Waals surface area (Å²) in [6.07, 6.45) is -5.45. The Morgan fingerprint density at radius 3 is 2.60 bits per heavy atom. The number of pyridine rings is 1. The van der Waals surface area contributed by atoms with Crippen LogP contribution in [-0.2, 0) is 21.3 Å². The Morgan fingerprint density at radius 2 is 2.10 bits per heavy atom. The monoisotopic (exact) mass is 357 g/mol. The maximum absolute atomic E-state index is 12.4. The fraction of sp³-hybridized carbons (Fsp3) is 0.455. The van der Waals surface area contributed by atoms with E-state index in [0.717, 1.165) is 6.07 Å². The van der Waals surface area contributed by atoms with Crippen LogP contribution in [0.4, 0.5) is 13.2 Å². The molecule has 0 atom stereocenters. The summed E-state index contributed by atoms with van der Waals surface area (Å²) in [5.41, 5.74) is -0.915. The van der Waals surface area contributed by atoms with E-state index < -0.39 is 30.1 Å². The van der Waals surface area contributed by atoms with Crippen molar-refractivity contribution in [2.45, 2.75) is 25.0 Å². The van der Waals surface area contributed by atoms with Gasteiger partial charge in [-0.2, -0.15) is 0 Å². The van der Waals surface area contributed by atoms with Gasteiger partial charge in [0.05, 0.1) is 18.7 Å². The van der Waals surface area contributed by atoms with E-state index in [2.05, 4.69) is 30.4 Å². The van der Waals surface area contributed by atoms with Crippen molar-refractivity contribution in [1.29, 1.82) is 0 Å². The molecule has 0 saturated heterocycles. The molecule has 0 amide bonds. The minimum atomic E-state index is -4.93. The van der Waals surface area contributed by atoms with E-state index in [4.69, 9.17) is 0 Å². The maximum atomic E-state index is 12.4. The minimum Gasteiger partial charge on any atom is -0.466 e. The second-order valence-corrected chi connectivity index (χ2v) is 4.19. The Hall–Kier alpha value is -1.51. The maximum Gasteiger partial charge on any atom is 0.573 e. The lowest BCUT2D eigenvalue weighted by Gasteiger charge is -2.15. The molecule has 0 radical (unpaired) electrons. The van der Waals surface area contributed by atoms with E-state index in [0.29, 0.717) is 0 Å². The third-order valence-electron chi connectivity index (χ3n) is 2.13. The van der Waals surface area contributed by atoms with Crippen LogP contribution < -0.4 is 10.3 Å². The molecule has 9 heteroatoms. The Kier molecular flexibility index (Phi) is 5.61. The lowest BCUT2D eigenvalue weighted by Crippen LogP contribution is -2.23. The van der Waals surface area contributed by atoms with Crippen LogP contribution in [0.2, 0.25) is 0 Å². The highest BCUT2D eigenvalue weighted by atomic mass is 79.9. The van der Waals surface area contributed by atoms with Gasteiger partial charge in [-0.3, -0.25) is 9.59 Å². The van der Waals surface area contributed by atoms with Gasteiger partial charge in [-0.1, -0.05) is 15.9 Å². The molecule has 0 aromatic carbocycles. The van der Waals surface area contributed by atoms with E-state index in [1.807, 2.05) is 0 Å². The van der Waals surface area contributed by atoms with Crippen molar-refractivity contribution in [3.05, 3.63) is 27.7 Å². The van der Waals surface area contributed by atoms with Crippen LogP contribution in [0.1, 0.15) is 18.2 Å². The van der Waals surface area contributed by atoms with Gasteiger partial charge in [0.15, 0.2) is 5.75 Å². The molecular weight excluding hydrogens is 347 g/mol. The van der Waals surface area contributed by atoms with Crippen molar-refractivity contribution < 1.29 is 27.4 Å². The van der Waals surface area contributed by atoms with Crippen LogP contribution >= 0.6 is 15.9 Å². The van der Waals surface area contributed by atoms with E-state index >= 15 is 0 Å². The summed E-state index contributed by atoms with van der Waals surface area (Å²) in [7, 11) is 0. The van der Waals surface area contributed by atoms with Crippen LogP contribution in [0.3, 0.4) is 0 Å². The van der Waals surface area contributed by atoms with E-state index in [1.165, 1.54) is 0 Å². The number of halogens is 4. The number of aromatic amines is 1. The summed E-state index contributed by atoms with van der Waals surface area (Å²) in [5, 5.41) is -0.0296. The normalized spacial score (nSPS) is 11.2. The van der Waals surface area contributed by atoms with Gasteiger partial charge in [0, 0.05) is 17.0 Å². The van der Waals surface area contributed by atoms with Gasteiger partial charge >= 0.3 is 12.3 Å². The summed E-state index contributed by atoms with van der Waals surface area (Å²) in [4.78, 5) is 24.9. The lowest BCUT2D eigenvalue weighted by molar-refractivity contribution is -0.275. The fourth-order valence-corrected chi connectivity index (χ4v) is 1.90. The first kappa shape index (κ1) is 16.5. The molecule has 0 saturated carbocycles. The Bertz CT molecular complexity index is 541. The number of esters is 1. The number of hydrogen-bond acceptors (Lipinski definition) is 4. The minimum absolute atomic E-state index is 0.00891. The van der Waals surface area contributed by atoms with Gasteiger partial charge in [0.2, 0.25) is 5.56 Å². The predicted molar refractivity (Wildman–Crippen MR) is 66.7 cm³/mol. The Labute approximate surface area is 120 Å². The van der Waals surface area contributed by atoms with Crippen molar-refractivity contribution in [1.82, 2.24) is 4.98 Å².